The maximum atomic E-state index is 12.9. The van der Waals surface area contributed by atoms with Crippen molar-refractivity contribution in [3.63, 3.8) is 0 Å². The standard InChI is InChI=1S/C13H16BrF3N2/c1-19-5-4-9(8-19)7-18-12-3-2-10(14)6-11(12)13(15,16)17/h2-3,6,9,18H,4-5,7-8H2,1H3. The molecule has 1 fully saturated rings. The summed E-state index contributed by atoms with van der Waals surface area (Å²) in [6.45, 7) is 2.53. The van der Waals surface area contributed by atoms with Crippen molar-refractivity contribution in [3.05, 3.63) is 28.2 Å². The van der Waals surface area contributed by atoms with Gasteiger partial charge >= 0.3 is 6.18 Å². The molecule has 0 aliphatic carbocycles. The monoisotopic (exact) mass is 336 g/mol. The van der Waals surface area contributed by atoms with Crippen molar-refractivity contribution in [2.45, 2.75) is 12.6 Å². The fourth-order valence-corrected chi connectivity index (χ4v) is 2.71. The minimum Gasteiger partial charge on any atom is -0.384 e. The number of alkyl halides is 3. The van der Waals surface area contributed by atoms with E-state index in [-0.39, 0.29) is 5.69 Å². The van der Waals surface area contributed by atoms with Gasteiger partial charge in [-0.1, -0.05) is 15.9 Å². The molecule has 1 aromatic carbocycles. The Hall–Kier alpha value is -0.750. The van der Waals surface area contributed by atoms with Crippen molar-refractivity contribution in [3.8, 4) is 0 Å². The Morgan fingerprint density at radius 1 is 1.42 bits per heavy atom. The van der Waals surface area contributed by atoms with Crippen molar-refractivity contribution in [1.29, 1.82) is 0 Å². The molecule has 1 heterocycles. The van der Waals surface area contributed by atoms with Gasteiger partial charge in [0.25, 0.3) is 0 Å². The zero-order valence-electron chi connectivity index (χ0n) is 10.6. The molecule has 1 aromatic rings. The van der Waals surface area contributed by atoms with E-state index in [2.05, 4.69) is 26.1 Å². The maximum Gasteiger partial charge on any atom is 0.418 e. The molecular formula is C13H16BrF3N2. The third-order valence-corrected chi connectivity index (χ3v) is 3.85. The highest BCUT2D eigenvalue weighted by Gasteiger charge is 2.34. The fraction of sp³-hybridized carbons (Fsp3) is 0.538. The molecule has 0 amide bonds. The summed E-state index contributed by atoms with van der Waals surface area (Å²) in [5, 5.41) is 2.94. The molecule has 2 rings (SSSR count). The fourth-order valence-electron chi connectivity index (χ4n) is 2.35. The largest absolute Gasteiger partial charge is 0.418 e. The molecule has 19 heavy (non-hydrogen) atoms. The molecular weight excluding hydrogens is 321 g/mol. The Balaban J connectivity index is 2.07. The van der Waals surface area contributed by atoms with Gasteiger partial charge < -0.3 is 10.2 Å². The predicted octanol–water partition coefficient (Wildman–Crippen LogP) is 3.83. The highest BCUT2D eigenvalue weighted by Crippen LogP contribution is 2.36. The Bertz CT molecular complexity index is 448. The van der Waals surface area contributed by atoms with Crippen LogP contribution in [0.2, 0.25) is 0 Å². The van der Waals surface area contributed by atoms with Gasteiger partial charge in [-0.2, -0.15) is 13.2 Å². The molecule has 106 valence electrons. The van der Waals surface area contributed by atoms with E-state index in [4.69, 9.17) is 0 Å². The van der Waals surface area contributed by atoms with Crippen LogP contribution in [-0.2, 0) is 6.18 Å². The van der Waals surface area contributed by atoms with Crippen LogP contribution in [0.3, 0.4) is 0 Å². The number of hydrogen-bond donors (Lipinski definition) is 1. The summed E-state index contributed by atoms with van der Waals surface area (Å²) in [6, 6.07) is 4.22. The second kappa shape index (κ2) is 5.71. The van der Waals surface area contributed by atoms with Crippen LogP contribution in [0.25, 0.3) is 0 Å². The lowest BCUT2D eigenvalue weighted by Gasteiger charge is -2.17. The van der Waals surface area contributed by atoms with Crippen LogP contribution >= 0.6 is 15.9 Å². The van der Waals surface area contributed by atoms with Crippen LogP contribution in [0.15, 0.2) is 22.7 Å². The van der Waals surface area contributed by atoms with Gasteiger partial charge in [0.2, 0.25) is 0 Å². The van der Waals surface area contributed by atoms with E-state index in [0.717, 1.165) is 25.6 Å². The van der Waals surface area contributed by atoms with Crippen LogP contribution < -0.4 is 5.32 Å². The van der Waals surface area contributed by atoms with Gasteiger partial charge in [0.05, 0.1) is 5.56 Å². The van der Waals surface area contributed by atoms with Crippen LogP contribution in [0.1, 0.15) is 12.0 Å². The molecule has 6 heteroatoms. The van der Waals surface area contributed by atoms with Gasteiger partial charge in [-0.15, -0.1) is 0 Å². The third kappa shape index (κ3) is 3.86. The maximum absolute atomic E-state index is 12.9. The van der Waals surface area contributed by atoms with Gasteiger partial charge in [-0.25, -0.2) is 0 Å². The van der Waals surface area contributed by atoms with Gasteiger partial charge in [-0.05, 0) is 44.1 Å². The SMILES string of the molecule is CN1CCC(CNc2ccc(Br)cc2C(F)(F)F)C1. The average molecular weight is 337 g/mol. The molecule has 0 spiro atoms. The number of nitrogens with zero attached hydrogens (tertiary/aromatic N) is 1. The molecule has 1 N–H and O–H groups in total. The highest BCUT2D eigenvalue weighted by atomic mass is 79.9. The lowest BCUT2D eigenvalue weighted by atomic mass is 10.1. The summed E-state index contributed by atoms with van der Waals surface area (Å²) < 4.78 is 39.2. The minimum atomic E-state index is -4.33. The normalized spacial score (nSPS) is 20.8. The second-order valence-electron chi connectivity index (χ2n) is 4.99. The Morgan fingerprint density at radius 2 is 2.16 bits per heavy atom. The number of nitrogens with one attached hydrogen (secondary N) is 1. The van der Waals surface area contributed by atoms with E-state index in [1.165, 1.54) is 6.07 Å². The van der Waals surface area contributed by atoms with Crippen LogP contribution in [0, 0.1) is 5.92 Å². The number of benzene rings is 1. The summed E-state index contributed by atoms with van der Waals surface area (Å²) in [7, 11) is 2.03. The molecule has 1 saturated heterocycles. The van der Waals surface area contributed by atoms with Crippen molar-refractivity contribution in [2.75, 3.05) is 32.0 Å². The van der Waals surface area contributed by atoms with Gasteiger partial charge in [-0.3, -0.25) is 0 Å². The van der Waals surface area contributed by atoms with E-state index in [1.54, 1.807) is 6.07 Å². The highest BCUT2D eigenvalue weighted by molar-refractivity contribution is 9.10. The van der Waals surface area contributed by atoms with E-state index < -0.39 is 11.7 Å². The molecule has 1 atom stereocenters. The summed E-state index contributed by atoms with van der Waals surface area (Å²) in [6.07, 6.45) is -3.31. The summed E-state index contributed by atoms with van der Waals surface area (Å²) in [4.78, 5) is 2.19. The first-order chi connectivity index (χ1) is 8.86. The lowest BCUT2D eigenvalue weighted by Crippen LogP contribution is -2.20. The molecule has 0 saturated carbocycles. The Labute approximate surface area is 119 Å². The molecule has 1 aliphatic heterocycles. The molecule has 0 bridgehead atoms. The summed E-state index contributed by atoms with van der Waals surface area (Å²) in [5.41, 5.74) is -0.460. The second-order valence-corrected chi connectivity index (χ2v) is 5.90. The lowest BCUT2D eigenvalue weighted by molar-refractivity contribution is -0.137. The number of rotatable bonds is 3. The molecule has 0 radical (unpaired) electrons. The van der Waals surface area contributed by atoms with Gasteiger partial charge in [0, 0.05) is 23.2 Å². The zero-order chi connectivity index (χ0) is 14.0. The van der Waals surface area contributed by atoms with Gasteiger partial charge in [0.1, 0.15) is 0 Å². The van der Waals surface area contributed by atoms with Crippen molar-refractivity contribution in [1.82, 2.24) is 4.90 Å². The average Bonchev–Trinajstić information content (AvgIpc) is 2.72. The topological polar surface area (TPSA) is 15.3 Å². The molecule has 1 unspecified atom stereocenters. The summed E-state index contributed by atoms with van der Waals surface area (Å²) >= 11 is 3.08. The minimum absolute atomic E-state index is 0.158. The van der Waals surface area contributed by atoms with Crippen molar-refractivity contribution in [2.24, 2.45) is 5.92 Å². The molecule has 2 nitrogen and oxygen atoms in total. The van der Waals surface area contributed by atoms with Crippen molar-refractivity contribution < 1.29 is 13.2 Å². The number of likely N-dealkylation sites (tertiary alicyclic amines) is 1. The quantitative estimate of drug-likeness (QED) is 0.902. The third-order valence-electron chi connectivity index (χ3n) is 3.36. The van der Waals surface area contributed by atoms with Crippen LogP contribution in [-0.4, -0.2) is 31.6 Å². The Morgan fingerprint density at radius 3 is 2.74 bits per heavy atom. The molecule has 1 aliphatic rings. The first-order valence-electron chi connectivity index (χ1n) is 6.15. The summed E-state index contributed by atoms with van der Waals surface area (Å²) in [5.74, 6) is 0.412. The van der Waals surface area contributed by atoms with Crippen LogP contribution in [0.5, 0.6) is 0 Å². The smallest absolute Gasteiger partial charge is 0.384 e. The zero-order valence-corrected chi connectivity index (χ0v) is 12.2. The predicted molar refractivity (Wildman–Crippen MR) is 73.2 cm³/mol. The first kappa shape index (κ1) is 14.7. The molecule has 0 aromatic heterocycles. The van der Waals surface area contributed by atoms with E-state index in [0.29, 0.717) is 16.9 Å². The van der Waals surface area contributed by atoms with Crippen LogP contribution in [0.4, 0.5) is 18.9 Å². The number of halogens is 4. The van der Waals surface area contributed by atoms with E-state index in [9.17, 15) is 13.2 Å². The van der Waals surface area contributed by atoms with E-state index in [1.807, 2.05) is 7.05 Å². The van der Waals surface area contributed by atoms with Crippen molar-refractivity contribution >= 4 is 21.6 Å². The Kier molecular flexibility index (Phi) is 4.40. The number of hydrogen-bond acceptors (Lipinski definition) is 2. The number of anilines is 1. The van der Waals surface area contributed by atoms with E-state index >= 15 is 0 Å². The van der Waals surface area contributed by atoms with Gasteiger partial charge in [0.15, 0.2) is 0 Å². The first-order valence-corrected chi connectivity index (χ1v) is 6.94.